The van der Waals surface area contributed by atoms with Gasteiger partial charge in [0.05, 0.1) is 23.2 Å². The third-order valence-corrected chi connectivity index (χ3v) is 7.93. The Labute approximate surface area is 217 Å². The number of likely N-dealkylation sites (N-methyl/N-ethyl adjacent to an activating group) is 1. The molecule has 1 saturated carbocycles. The summed E-state index contributed by atoms with van der Waals surface area (Å²) in [5.41, 5.74) is 4.04. The summed E-state index contributed by atoms with van der Waals surface area (Å²) in [5.74, 6) is -6.90. The summed E-state index contributed by atoms with van der Waals surface area (Å²) in [5, 5.41) is 53.7. The normalized spacial score (nSPS) is 26.6. The molecule has 0 aromatic heterocycles. The largest absolute Gasteiger partial charge is 0.508 e. The fourth-order valence-corrected chi connectivity index (χ4v) is 6.24. The molecule has 0 spiro atoms. The minimum Gasteiger partial charge on any atom is -0.508 e. The number of benzene rings is 2. The number of hydrogen-bond donors (Lipinski definition) is 5. The molecular weight excluding hydrogens is 490 g/mol. The highest BCUT2D eigenvalue weighted by Gasteiger charge is 2.64. The molecule has 6 N–H and O–H groups in total. The second-order valence-corrected chi connectivity index (χ2v) is 10.1. The van der Waals surface area contributed by atoms with Crippen molar-refractivity contribution >= 4 is 23.2 Å². The fraction of sp³-hybridized carbons (Fsp3) is 0.286. The van der Waals surface area contributed by atoms with E-state index in [0.717, 1.165) is 5.56 Å². The summed E-state index contributed by atoms with van der Waals surface area (Å²) in [4.78, 5) is 40.6. The Hall–Kier alpha value is -4.46. The molecule has 3 aliphatic rings. The number of phenolic OH excluding ortho intramolecular Hbond substituents is 1. The van der Waals surface area contributed by atoms with Gasteiger partial charge in [0.1, 0.15) is 22.8 Å². The van der Waals surface area contributed by atoms with Crippen LogP contribution in [0.15, 0.2) is 53.3 Å². The first-order valence-corrected chi connectivity index (χ1v) is 11.9. The molecule has 1 amide bonds. The van der Waals surface area contributed by atoms with Crippen LogP contribution in [0.25, 0.3) is 16.9 Å². The van der Waals surface area contributed by atoms with Crippen molar-refractivity contribution in [3.63, 3.8) is 0 Å². The number of carbonyl (C=O) groups is 3. The van der Waals surface area contributed by atoms with Gasteiger partial charge < -0.3 is 26.2 Å². The second-order valence-electron chi connectivity index (χ2n) is 10.1. The molecular formula is C28H25N3O7. The average molecular weight is 516 g/mol. The predicted octanol–water partition coefficient (Wildman–Crippen LogP) is 1.50. The van der Waals surface area contributed by atoms with Crippen molar-refractivity contribution < 1.29 is 34.8 Å². The summed E-state index contributed by atoms with van der Waals surface area (Å²) in [6, 6.07) is 10.7. The molecule has 2 aromatic carbocycles. The van der Waals surface area contributed by atoms with E-state index in [-0.39, 0.29) is 29.7 Å². The Bertz CT molecular complexity index is 1530. The number of aromatic hydroxyl groups is 1. The molecule has 1 fully saturated rings. The summed E-state index contributed by atoms with van der Waals surface area (Å²) in [7, 11) is 3.10. The van der Waals surface area contributed by atoms with E-state index in [1.165, 1.54) is 11.0 Å². The van der Waals surface area contributed by atoms with Crippen molar-refractivity contribution in [1.82, 2.24) is 4.90 Å². The molecule has 10 heteroatoms. The molecule has 0 saturated heterocycles. The number of ketones is 2. The Kier molecular flexibility index (Phi) is 5.67. The number of nitriles is 1. The van der Waals surface area contributed by atoms with E-state index in [1.807, 2.05) is 0 Å². The summed E-state index contributed by atoms with van der Waals surface area (Å²) in [6.07, 6.45) is 0.187. The molecule has 194 valence electrons. The lowest BCUT2D eigenvalue weighted by Crippen LogP contribution is -2.65. The molecule has 0 radical (unpaired) electrons. The van der Waals surface area contributed by atoms with Gasteiger partial charge in [-0.05, 0) is 67.7 Å². The van der Waals surface area contributed by atoms with E-state index < -0.39 is 58.0 Å². The number of primary amides is 1. The fourth-order valence-electron chi connectivity index (χ4n) is 6.24. The number of aliphatic hydroxyl groups excluding tert-OH is 2. The third kappa shape index (κ3) is 3.29. The summed E-state index contributed by atoms with van der Waals surface area (Å²) >= 11 is 0. The number of aliphatic hydroxyl groups is 3. The lowest BCUT2D eigenvalue weighted by atomic mass is 9.57. The number of fused-ring (bicyclic) bond motifs is 3. The van der Waals surface area contributed by atoms with Crippen LogP contribution < -0.4 is 5.73 Å². The molecule has 0 bridgehead atoms. The molecule has 3 aliphatic carbocycles. The first kappa shape index (κ1) is 25.2. The van der Waals surface area contributed by atoms with Crippen molar-refractivity contribution in [2.45, 2.75) is 24.5 Å². The SMILES string of the molecule is CN(C)[C@H]1C(=O)C(C(N)=O)=C(O)[C@]2(O)C(=O)C3=C(O)c4c(O)ccc(-c5ccc(C#N)cc5)c4C[C@@H]3C[C@H]12. The predicted molar refractivity (Wildman–Crippen MR) is 134 cm³/mol. The van der Waals surface area contributed by atoms with Gasteiger partial charge in [-0.25, -0.2) is 0 Å². The van der Waals surface area contributed by atoms with Crippen LogP contribution in [0.3, 0.4) is 0 Å². The maximum atomic E-state index is 13.9. The Morgan fingerprint density at radius 1 is 1.11 bits per heavy atom. The van der Waals surface area contributed by atoms with Gasteiger partial charge in [-0.2, -0.15) is 5.26 Å². The van der Waals surface area contributed by atoms with Crippen LogP contribution in [0.5, 0.6) is 5.75 Å². The number of nitrogens with zero attached hydrogens (tertiary/aromatic N) is 2. The van der Waals surface area contributed by atoms with Gasteiger partial charge in [-0.1, -0.05) is 18.2 Å². The quantitative estimate of drug-likeness (QED) is 0.378. The topological polar surface area (TPSA) is 185 Å². The molecule has 5 rings (SSSR count). The van der Waals surface area contributed by atoms with Crippen LogP contribution >= 0.6 is 0 Å². The number of nitrogens with two attached hydrogens (primary N) is 1. The van der Waals surface area contributed by atoms with Crippen molar-refractivity contribution in [1.29, 1.82) is 5.26 Å². The van der Waals surface area contributed by atoms with E-state index in [0.29, 0.717) is 16.7 Å². The third-order valence-electron chi connectivity index (χ3n) is 7.93. The number of amides is 1. The van der Waals surface area contributed by atoms with Crippen LogP contribution in [0.2, 0.25) is 0 Å². The van der Waals surface area contributed by atoms with Gasteiger partial charge in [-0.15, -0.1) is 0 Å². The number of rotatable bonds is 3. The van der Waals surface area contributed by atoms with Crippen LogP contribution in [0, 0.1) is 23.2 Å². The van der Waals surface area contributed by atoms with Gasteiger partial charge >= 0.3 is 0 Å². The lowest BCUT2D eigenvalue weighted by Gasteiger charge is -2.50. The molecule has 4 atom stereocenters. The van der Waals surface area contributed by atoms with Gasteiger partial charge in [-0.3, -0.25) is 19.3 Å². The van der Waals surface area contributed by atoms with E-state index in [4.69, 9.17) is 11.0 Å². The maximum absolute atomic E-state index is 13.9. The Morgan fingerprint density at radius 2 is 1.76 bits per heavy atom. The molecule has 0 heterocycles. The molecule has 10 nitrogen and oxygen atoms in total. The van der Waals surface area contributed by atoms with E-state index >= 15 is 0 Å². The molecule has 38 heavy (non-hydrogen) atoms. The summed E-state index contributed by atoms with van der Waals surface area (Å²) < 4.78 is 0. The highest BCUT2D eigenvalue weighted by molar-refractivity contribution is 6.24. The van der Waals surface area contributed by atoms with Crippen LogP contribution in [-0.4, -0.2) is 68.5 Å². The zero-order valence-electron chi connectivity index (χ0n) is 20.6. The average Bonchev–Trinajstić information content (AvgIpc) is 2.86. The van der Waals surface area contributed by atoms with Crippen molar-refractivity contribution in [2.75, 3.05) is 14.1 Å². The zero-order valence-corrected chi connectivity index (χ0v) is 20.6. The standard InChI is InChI=1S/C28H25N3O7/c1-31(2)22-17-10-14-9-16-15(13-5-3-12(11-29)4-6-13)7-8-18(32)20(16)23(33)19(14)25(35)28(17,38)26(36)21(24(22)34)27(30)37/h3-8,14,17,22,32-33,36,38H,9-10H2,1-2H3,(H2,30,37)/t14-,17-,22-,28-/m1/s1. The lowest BCUT2D eigenvalue weighted by molar-refractivity contribution is -0.153. The Balaban J connectivity index is 1.73. The number of Topliss-reactive ketones (excluding diaryl/α,β-unsaturated/α-hetero) is 2. The van der Waals surface area contributed by atoms with Crippen LogP contribution in [-0.2, 0) is 20.8 Å². The molecule has 2 aromatic rings. The number of phenols is 1. The minimum absolute atomic E-state index is 0.00816. The van der Waals surface area contributed by atoms with E-state index in [9.17, 15) is 34.8 Å². The van der Waals surface area contributed by atoms with Gasteiger partial charge in [0.2, 0.25) is 5.78 Å². The van der Waals surface area contributed by atoms with Crippen molar-refractivity contribution in [2.24, 2.45) is 17.6 Å². The molecule has 0 aliphatic heterocycles. The highest BCUT2D eigenvalue weighted by Crippen LogP contribution is 2.53. The van der Waals surface area contributed by atoms with Gasteiger partial charge in [0.25, 0.3) is 5.91 Å². The molecule has 0 unspecified atom stereocenters. The number of hydrogen-bond acceptors (Lipinski definition) is 9. The monoisotopic (exact) mass is 515 g/mol. The minimum atomic E-state index is -2.68. The van der Waals surface area contributed by atoms with Crippen molar-refractivity contribution in [3.05, 3.63) is 70.0 Å². The Morgan fingerprint density at radius 3 is 2.34 bits per heavy atom. The first-order chi connectivity index (χ1) is 17.9. The van der Waals surface area contributed by atoms with Gasteiger partial charge in [0.15, 0.2) is 11.4 Å². The zero-order chi connectivity index (χ0) is 27.7. The maximum Gasteiger partial charge on any atom is 0.255 e. The van der Waals surface area contributed by atoms with Crippen LogP contribution in [0.1, 0.15) is 23.1 Å². The van der Waals surface area contributed by atoms with Gasteiger partial charge in [0, 0.05) is 11.5 Å². The van der Waals surface area contributed by atoms with E-state index in [2.05, 4.69) is 6.07 Å². The smallest absolute Gasteiger partial charge is 0.255 e. The second kappa shape index (κ2) is 8.55. The highest BCUT2D eigenvalue weighted by atomic mass is 16.3. The van der Waals surface area contributed by atoms with E-state index in [1.54, 1.807) is 44.4 Å². The number of carbonyl (C=O) groups excluding carboxylic acids is 3. The first-order valence-electron chi connectivity index (χ1n) is 11.9. The van der Waals surface area contributed by atoms with Crippen molar-refractivity contribution in [3.8, 4) is 22.9 Å². The van der Waals surface area contributed by atoms with Crippen LogP contribution in [0.4, 0.5) is 0 Å². The summed E-state index contributed by atoms with van der Waals surface area (Å²) in [6.45, 7) is 0.